The molecule has 0 saturated carbocycles. The van der Waals surface area contributed by atoms with E-state index in [-0.39, 0.29) is 11.3 Å². The third-order valence-electron chi connectivity index (χ3n) is 5.20. The first kappa shape index (κ1) is 22.5. The molecule has 1 N–H and O–H groups in total. The van der Waals surface area contributed by atoms with E-state index in [0.717, 1.165) is 17.7 Å². The van der Waals surface area contributed by atoms with Crippen LogP contribution in [0.4, 0.5) is 0 Å². The standard InChI is InChI=1S/C24H28N2O5/c1-4-12-31-19-9-8-17(14-16(19)2)22(27)20-21(18-7-5-10-25-15-18)26(11-6-13-30-3)24(29)23(20)28/h5,7-10,14-15,21,27H,4,6,11-13H2,1-3H3/b22-20-. The Morgan fingerprint density at radius 1 is 1.23 bits per heavy atom. The minimum absolute atomic E-state index is 0.0667. The van der Waals surface area contributed by atoms with Crippen molar-refractivity contribution in [2.45, 2.75) is 32.7 Å². The molecule has 1 aliphatic heterocycles. The Morgan fingerprint density at radius 2 is 2.03 bits per heavy atom. The van der Waals surface area contributed by atoms with Gasteiger partial charge in [0, 0.05) is 38.2 Å². The Balaban J connectivity index is 2.05. The van der Waals surface area contributed by atoms with Crippen molar-refractivity contribution >= 4 is 17.4 Å². The molecule has 7 heteroatoms. The minimum Gasteiger partial charge on any atom is -0.507 e. The fourth-order valence-corrected chi connectivity index (χ4v) is 3.70. The van der Waals surface area contributed by atoms with Crippen molar-refractivity contribution < 1.29 is 24.2 Å². The topological polar surface area (TPSA) is 89.0 Å². The molecule has 1 unspecified atom stereocenters. The monoisotopic (exact) mass is 424 g/mol. The molecule has 1 saturated heterocycles. The van der Waals surface area contributed by atoms with E-state index in [1.54, 1.807) is 49.8 Å². The quantitative estimate of drug-likeness (QED) is 0.286. The molecular weight excluding hydrogens is 396 g/mol. The third-order valence-corrected chi connectivity index (χ3v) is 5.20. The van der Waals surface area contributed by atoms with Gasteiger partial charge in [0.15, 0.2) is 0 Å². The average Bonchev–Trinajstić information content (AvgIpc) is 3.03. The van der Waals surface area contributed by atoms with Gasteiger partial charge in [-0.05, 0) is 55.2 Å². The minimum atomic E-state index is -0.707. The highest BCUT2D eigenvalue weighted by atomic mass is 16.5. The van der Waals surface area contributed by atoms with E-state index in [1.807, 2.05) is 13.8 Å². The molecule has 1 aromatic carbocycles. The number of rotatable bonds is 9. The van der Waals surface area contributed by atoms with E-state index in [1.165, 1.54) is 4.90 Å². The molecule has 1 atom stereocenters. The van der Waals surface area contributed by atoms with Crippen LogP contribution in [0.1, 0.15) is 42.5 Å². The number of aliphatic hydroxyl groups is 1. The molecule has 1 fully saturated rings. The van der Waals surface area contributed by atoms with Crippen LogP contribution >= 0.6 is 0 Å². The molecule has 1 aliphatic rings. The number of ether oxygens (including phenoxy) is 2. The Bertz CT molecular complexity index is 971. The molecule has 7 nitrogen and oxygen atoms in total. The van der Waals surface area contributed by atoms with E-state index in [2.05, 4.69) is 4.98 Å². The number of hydrogen-bond acceptors (Lipinski definition) is 6. The van der Waals surface area contributed by atoms with Gasteiger partial charge in [-0.2, -0.15) is 0 Å². The van der Waals surface area contributed by atoms with Crippen LogP contribution in [0.15, 0.2) is 48.3 Å². The molecule has 31 heavy (non-hydrogen) atoms. The predicted molar refractivity (Wildman–Crippen MR) is 117 cm³/mol. The number of benzene rings is 1. The number of aliphatic hydroxyl groups excluding tert-OH is 1. The maximum Gasteiger partial charge on any atom is 0.295 e. The number of Topliss-reactive ketones (excluding diaryl/α,β-unsaturated/α-hetero) is 1. The molecule has 0 aliphatic carbocycles. The van der Waals surface area contributed by atoms with E-state index < -0.39 is 17.7 Å². The number of hydrogen-bond donors (Lipinski definition) is 1. The molecule has 1 amide bonds. The third kappa shape index (κ3) is 4.77. The van der Waals surface area contributed by atoms with E-state index in [9.17, 15) is 14.7 Å². The summed E-state index contributed by atoms with van der Waals surface area (Å²) in [5, 5.41) is 11.1. The molecule has 164 valence electrons. The maximum atomic E-state index is 13.0. The SMILES string of the molecule is CCCOc1ccc(/C(O)=C2/C(=O)C(=O)N(CCCOC)C2c2cccnc2)cc1C. The highest BCUT2D eigenvalue weighted by Gasteiger charge is 2.45. The fraction of sp³-hybridized carbons (Fsp3) is 0.375. The Labute approximate surface area is 182 Å². The predicted octanol–water partition coefficient (Wildman–Crippen LogP) is 3.64. The van der Waals surface area contributed by atoms with Crippen molar-refractivity contribution in [3.8, 4) is 5.75 Å². The van der Waals surface area contributed by atoms with Crippen LogP contribution in [0.25, 0.3) is 5.76 Å². The lowest BCUT2D eigenvalue weighted by Crippen LogP contribution is -2.31. The van der Waals surface area contributed by atoms with Gasteiger partial charge >= 0.3 is 0 Å². The van der Waals surface area contributed by atoms with Crippen LogP contribution in [-0.4, -0.2) is 53.5 Å². The molecule has 0 radical (unpaired) electrons. The second kappa shape index (κ2) is 10.2. The van der Waals surface area contributed by atoms with Crippen molar-refractivity contribution in [3.63, 3.8) is 0 Å². The Kier molecular flexibility index (Phi) is 7.41. The van der Waals surface area contributed by atoms with Crippen molar-refractivity contribution in [3.05, 3.63) is 65.0 Å². The van der Waals surface area contributed by atoms with Gasteiger partial charge in [0.05, 0.1) is 18.2 Å². The molecule has 0 spiro atoms. The second-order valence-electron chi connectivity index (χ2n) is 7.45. The van der Waals surface area contributed by atoms with Crippen LogP contribution in [0.2, 0.25) is 0 Å². The average molecular weight is 424 g/mol. The lowest BCUT2D eigenvalue weighted by Gasteiger charge is -2.25. The highest BCUT2D eigenvalue weighted by Crippen LogP contribution is 2.39. The maximum absolute atomic E-state index is 13.0. The van der Waals surface area contributed by atoms with Gasteiger partial charge in [0.1, 0.15) is 11.5 Å². The van der Waals surface area contributed by atoms with Crippen LogP contribution in [-0.2, 0) is 14.3 Å². The lowest BCUT2D eigenvalue weighted by atomic mass is 9.95. The van der Waals surface area contributed by atoms with E-state index >= 15 is 0 Å². The summed E-state index contributed by atoms with van der Waals surface area (Å²) in [4.78, 5) is 31.4. The first-order valence-corrected chi connectivity index (χ1v) is 10.4. The van der Waals surface area contributed by atoms with Crippen molar-refractivity contribution in [1.29, 1.82) is 0 Å². The first-order valence-electron chi connectivity index (χ1n) is 10.4. The summed E-state index contributed by atoms with van der Waals surface area (Å²) in [6.45, 7) is 5.29. The number of carbonyl (C=O) groups is 2. The van der Waals surface area contributed by atoms with E-state index in [0.29, 0.717) is 37.3 Å². The number of nitrogens with zero attached hydrogens (tertiary/aromatic N) is 2. The van der Waals surface area contributed by atoms with Gasteiger partial charge in [-0.3, -0.25) is 14.6 Å². The summed E-state index contributed by atoms with van der Waals surface area (Å²) in [6.07, 6.45) is 4.70. The van der Waals surface area contributed by atoms with Gasteiger partial charge in [-0.1, -0.05) is 13.0 Å². The summed E-state index contributed by atoms with van der Waals surface area (Å²) in [5.74, 6) is -0.812. The number of amides is 1. The van der Waals surface area contributed by atoms with Gasteiger partial charge in [-0.25, -0.2) is 0 Å². The number of likely N-dealkylation sites (tertiary alicyclic amines) is 1. The van der Waals surface area contributed by atoms with Crippen molar-refractivity contribution in [2.75, 3.05) is 26.9 Å². The zero-order valence-corrected chi connectivity index (χ0v) is 18.1. The van der Waals surface area contributed by atoms with E-state index in [4.69, 9.17) is 9.47 Å². The van der Waals surface area contributed by atoms with Gasteiger partial charge in [0.25, 0.3) is 11.7 Å². The number of methoxy groups -OCH3 is 1. The summed E-state index contributed by atoms with van der Waals surface area (Å²) in [6, 6.07) is 8.07. The molecule has 3 rings (SSSR count). The molecule has 2 heterocycles. The second-order valence-corrected chi connectivity index (χ2v) is 7.45. The van der Waals surface area contributed by atoms with Crippen LogP contribution in [0.5, 0.6) is 5.75 Å². The Morgan fingerprint density at radius 3 is 2.68 bits per heavy atom. The number of aryl methyl sites for hydroxylation is 1. The number of carbonyl (C=O) groups excluding carboxylic acids is 2. The van der Waals surface area contributed by atoms with Crippen LogP contribution < -0.4 is 4.74 Å². The smallest absolute Gasteiger partial charge is 0.295 e. The zero-order valence-electron chi connectivity index (χ0n) is 18.1. The summed E-state index contributed by atoms with van der Waals surface area (Å²) in [5.41, 5.74) is 2.03. The highest BCUT2D eigenvalue weighted by molar-refractivity contribution is 6.46. The fourth-order valence-electron chi connectivity index (χ4n) is 3.70. The largest absolute Gasteiger partial charge is 0.507 e. The van der Waals surface area contributed by atoms with Gasteiger partial charge < -0.3 is 19.5 Å². The summed E-state index contributed by atoms with van der Waals surface area (Å²) in [7, 11) is 1.59. The molecular formula is C24H28N2O5. The molecule has 0 bridgehead atoms. The molecule has 1 aromatic heterocycles. The van der Waals surface area contributed by atoms with Crippen LogP contribution in [0, 0.1) is 6.92 Å². The molecule has 2 aromatic rings. The first-order chi connectivity index (χ1) is 15.0. The lowest BCUT2D eigenvalue weighted by molar-refractivity contribution is -0.140. The van der Waals surface area contributed by atoms with Crippen LogP contribution in [0.3, 0.4) is 0 Å². The van der Waals surface area contributed by atoms with Gasteiger partial charge in [-0.15, -0.1) is 0 Å². The summed E-state index contributed by atoms with van der Waals surface area (Å²) >= 11 is 0. The number of aromatic nitrogens is 1. The normalized spacial score (nSPS) is 17.9. The summed E-state index contributed by atoms with van der Waals surface area (Å²) < 4.78 is 10.8. The zero-order chi connectivity index (χ0) is 22.4. The van der Waals surface area contributed by atoms with Gasteiger partial charge in [0.2, 0.25) is 0 Å². The van der Waals surface area contributed by atoms with Crippen molar-refractivity contribution in [1.82, 2.24) is 9.88 Å². The Hall–Kier alpha value is -3.19. The number of ketones is 1. The number of pyridine rings is 1. The van der Waals surface area contributed by atoms with Crippen molar-refractivity contribution in [2.24, 2.45) is 0 Å².